The minimum absolute atomic E-state index is 0.233. The lowest BCUT2D eigenvalue weighted by Crippen LogP contribution is -1.94. The first-order valence-electron chi connectivity index (χ1n) is 4.53. The Morgan fingerprint density at radius 2 is 1.88 bits per heavy atom. The van der Waals surface area contributed by atoms with E-state index in [9.17, 15) is 4.39 Å². The molecule has 0 aliphatic heterocycles. The fourth-order valence-corrected chi connectivity index (χ4v) is 1.56. The fourth-order valence-electron chi connectivity index (χ4n) is 1.35. The monoisotopic (exact) mass is 238 g/mol. The number of hydrogen-bond acceptors (Lipinski definition) is 3. The van der Waals surface area contributed by atoms with Gasteiger partial charge in [0.25, 0.3) is 0 Å². The van der Waals surface area contributed by atoms with Gasteiger partial charge in [-0.15, -0.1) is 0 Å². The molecule has 16 heavy (non-hydrogen) atoms. The van der Waals surface area contributed by atoms with E-state index in [1.807, 2.05) is 0 Å². The summed E-state index contributed by atoms with van der Waals surface area (Å²) in [5.41, 5.74) is 1.27. The average molecular weight is 239 g/mol. The maximum Gasteiger partial charge on any atom is 0.182 e. The summed E-state index contributed by atoms with van der Waals surface area (Å²) in [5.74, 6) is 0.0821. The van der Waals surface area contributed by atoms with Crippen molar-refractivity contribution in [3.8, 4) is 17.0 Å². The van der Waals surface area contributed by atoms with Gasteiger partial charge in [-0.25, -0.2) is 14.4 Å². The molecule has 0 saturated carbocycles. The van der Waals surface area contributed by atoms with Gasteiger partial charge in [-0.3, -0.25) is 0 Å². The van der Waals surface area contributed by atoms with Crippen LogP contribution in [-0.4, -0.2) is 17.1 Å². The van der Waals surface area contributed by atoms with Crippen LogP contribution in [0.2, 0.25) is 5.15 Å². The van der Waals surface area contributed by atoms with Gasteiger partial charge in [0.05, 0.1) is 7.11 Å². The first-order valence-corrected chi connectivity index (χ1v) is 4.90. The molecule has 0 saturated heterocycles. The van der Waals surface area contributed by atoms with Crippen molar-refractivity contribution in [1.29, 1.82) is 0 Å². The lowest BCUT2D eigenvalue weighted by molar-refractivity contribution is 0.413. The van der Waals surface area contributed by atoms with Gasteiger partial charge >= 0.3 is 0 Å². The first kappa shape index (κ1) is 10.8. The molecular weight excluding hydrogens is 231 g/mol. The van der Waals surface area contributed by atoms with E-state index in [4.69, 9.17) is 16.3 Å². The molecule has 1 aromatic heterocycles. The van der Waals surface area contributed by atoms with Gasteiger partial charge in [-0.1, -0.05) is 11.6 Å². The number of aromatic nitrogens is 2. The van der Waals surface area contributed by atoms with Crippen LogP contribution in [0.3, 0.4) is 0 Å². The molecule has 0 bridgehead atoms. The van der Waals surface area contributed by atoms with Gasteiger partial charge in [0.2, 0.25) is 0 Å². The highest BCUT2D eigenvalue weighted by atomic mass is 35.5. The maximum absolute atomic E-state index is 12.8. The Balaban J connectivity index is 2.55. The van der Waals surface area contributed by atoms with Crippen molar-refractivity contribution in [3.63, 3.8) is 0 Å². The van der Waals surface area contributed by atoms with E-state index in [1.54, 1.807) is 12.1 Å². The zero-order chi connectivity index (χ0) is 11.5. The molecule has 0 aliphatic rings. The summed E-state index contributed by atoms with van der Waals surface area (Å²) >= 11 is 5.86. The standard InChI is InChI=1S/C11H8ClFN2O/c1-16-10-9(14-6-15-11(10)12)7-2-4-8(13)5-3-7/h2-6H,1H3. The fraction of sp³-hybridized carbons (Fsp3) is 0.0909. The second kappa shape index (κ2) is 4.45. The number of ether oxygens (including phenoxy) is 1. The third-order valence-corrected chi connectivity index (χ3v) is 2.35. The Morgan fingerprint density at radius 3 is 2.50 bits per heavy atom. The molecule has 2 aromatic rings. The molecule has 0 spiro atoms. The van der Waals surface area contributed by atoms with Crippen LogP contribution in [0.15, 0.2) is 30.6 Å². The summed E-state index contributed by atoms with van der Waals surface area (Å²) in [7, 11) is 1.48. The van der Waals surface area contributed by atoms with E-state index in [-0.39, 0.29) is 11.0 Å². The highest BCUT2D eigenvalue weighted by Crippen LogP contribution is 2.32. The second-order valence-electron chi connectivity index (χ2n) is 3.05. The van der Waals surface area contributed by atoms with E-state index in [0.29, 0.717) is 11.4 Å². The quantitative estimate of drug-likeness (QED) is 0.755. The molecule has 0 amide bonds. The van der Waals surface area contributed by atoms with Gasteiger partial charge in [0.1, 0.15) is 17.8 Å². The molecule has 0 N–H and O–H groups in total. The third kappa shape index (κ3) is 1.97. The van der Waals surface area contributed by atoms with Crippen molar-refractivity contribution in [2.75, 3.05) is 7.11 Å². The Labute approximate surface area is 96.9 Å². The molecule has 1 aromatic carbocycles. The summed E-state index contributed by atoms with van der Waals surface area (Å²) in [6, 6.07) is 5.92. The van der Waals surface area contributed by atoms with Crippen LogP contribution in [0.5, 0.6) is 5.75 Å². The smallest absolute Gasteiger partial charge is 0.182 e. The number of nitrogens with zero attached hydrogens (tertiary/aromatic N) is 2. The van der Waals surface area contributed by atoms with Crippen molar-refractivity contribution in [1.82, 2.24) is 9.97 Å². The summed E-state index contributed by atoms with van der Waals surface area (Å²) < 4.78 is 17.9. The minimum Gasteiger partial charge on any atom is -0.491 e. The molecule has 0 atom stereocenters. The van der Waals surface area contributed by atoms with Crippen molar-refractivity contribution >= 4 is 11.6 Å². The Morgan fingerprint density at radius 1 is 1.19 bits per heavy atom. The number of benzene rings is 1. The van der Waals surface area contributed by atoms with Gasteiger partial charge in [-0.2, -0.15) is 0 Å². The number of halogens is 2. The van der Waals surface area contributed by atoms with Crippen LogP contribution in [-0.2, 0) is 0 Å². The highest BCUT2D eigenvalue weighted by molar-refractivity contribution is 6.31. The number of hydrogen-bond donors (Lipinski definition) is 0. The summed E-state index contributed by atoms with van der Waals surface area (Å²) in [6.45, 7) is 0. The SMILES string of the molecule is COc1c(Cl)ncnc1-c1ccc(F)cc1. The molecule has 1 heterocycles. The van der Waals surface area contributed by atoms with Crippen molar-refractivity contribution < 1.29 is 9.13 Å². The van der Waals surface area contributed by atoms with E-state index < -0.39 is 0 Å². The molecule has 0 aliphatic carbocycles. The summed E-state index contributed by atoms with van der Waals surface area (Å²) in [4.78, 5) is 7.88. The van der Waals surface area contributed by atoms with Crippen LogP contribution in [0.1, 0.15) is 0 Å². The van der Waals surface area contributed by atoms with Gasteiger partial charge < -0.3 is 4.74 Å². The van der Waals surface area contributed by atoms with Crippen molar-refractivity contribution in [2.45, 2.75) is 0 Å². The minimum atomic E-state index is -0.303. The molecule has 3 nitrogen and oxygen atoms in total. The predicted molar refractivity (Wildman–Crippen MR) is 59.0 cm³/mol. The summed E-state index contributed by atoms with van der Waals surface area (Å²) in [6.07, 6.45) is 1.34. The molecule has 0 radical (unpaired) electrons. The van der Waals surface area contributed by atoms with Crippen LogP contribution >= 0.6 is 11.6 Å². The highest BCUT2D eigenvalue weighted by Gasteiger charge is 2.11. The van der Waals surface area contributed by atoms with E-state index in [1.165, 1.54) is 25.6 Å². The average Bonchev–Trinajstić information content (AvgIpc) is 2.30. The van der Waals surface area contributed by atoms with Crippen molar-refractivity contribution in [2.24, 2.45) is 0 Å². The Kier molecular flexibility index (Phi) is 3.01. The molecule has 0 fully saturated rings. The zero-order valence-corrected chi connectivity index (χ0v) is 9.20. The van der Waals surface area contributed by atoms with Crippen LogP contribution in [0.25, 0.3) is 11.3 Å². The van der Waals surface area contributed by atoms with Gasteiger partial charge in [-0.05, 0) is 24.3 Å². The van der Waals surface area contributed by atoms with E-state index in [2.05, 4.69) is 9.97 Å². The lowest BCUT2D eigenvalue weighted by Gasteiger charge is -2.07. The molecule has 0 unspecified atom stereocenters. The normalized spacial score (nSPS) is 10.2. The van der Waals surface area contributed by atoms with Crippen LogP contribution in [0.4, 0.5) is 4.39 Å². The van der Waals surface area contributed by atoms with Crippen LogP contribution in [0, 0.1) is 5.82 Å². The topological polar surface area (TPSA) is 35.0 Å². The molecular formula is C11H8ClFN2O. The Hall–Kier alpha value is -1.68. The van der Waals surface area contributed by atoms with E-state index in [0.717, 1.165) is 5.56 Å². The number of methoxy groups -OCH3 is 1. The lowest BCUT2D eigenvalue weighted by atomic mass is 10.1. The van der Waals surface area contributed by atoms with Crippen molar-refractivity contribution in [3.05, 3.63) is 41.6 Å². The van der Waals surface area contributed by atoms with Gasteiger partial charge in [0.15, 0.2) is 10.9 Å². The van der Waals surface area contributed by atoms with Gasteiger partial charge in [0, 0.05) is 5.56 Å². The molecule has 5 heteroatoms. The maximum atomic E-state index is 12.8. The van der Waals surface area contributed by atoms with E-state index >= 15 is 0 Å². The zero-order valence-electron chi connectivity index (χ0n) is 8.45. The largest absolute Gasteiger partial charge is 0.491 e. The predicted octanol–water partition coefficient (Wildman–Crippen LogP) is 2.94. The Bertz CT molecular complexity index is 502. The summed E-state index contributed by atoms with van der Waals surface area (Å²) in [5, 5.41) is 0.233. The molecule has 2 rings (SSSR count). The number of rotatable bonds is 2. The first-order chi connectivity index (χ1) is 7.72. The van der Waals surface area contributed by atoms with Crippen LogP contribution < -0.4 is 4.74 Å². The molecule has 82 valence electrons. The second-order valence-corrected chi connectivity index (χ2v) is 3.41. The third-order valence-electron chi connectivity index (χ3n) is 2.08.